The Morgan fingerprint density at radius 1 is 1.33 bits per heavy atom. The van der Waals surface area contributed by atoms with E-state index in [0.29, 0.717) is 6.54 Å². The van der Waals surface area contributed by atoms with E-state index in [1.165, 1.54) is 0 Å². The molecule has 1 heterocycles. The van der Waals surface area contributed by atoms with Crippen LogP contribution in [0, 0.1) is 0 Å². The van der Waals surface area contributed by atoms with E-state index in [2.05, 4.69) is 40.7 Å². The number of carbonyl (C=O) groups is 1. The van der Waals surface area contributed by atoms with Crippen LogP contribution in [0.2, 0.25) is 0 Å². The highest BCUT2D eigenvalue weighted by Crippen LogP contribution is 2.25. The fourth-order valence-electron chi connectivity index (χ4n) is 2.04. The Morgan fingerprint density at radius 2 is 2.08 bits per heavy atom. The summed E-state index contributed by atoms with van der Waals surface area (Å²) in [5, 5.41) is 7.01. The fraction of sp³-hybridized carbons (Fsp3) is 0.529. The molecule has 0 bridgehead atoms. The number of hydrogen-bond acceptors (Lipinski definition) is 6. The van der Waals surface area contributed by atoms with Gasteiger partial charge in [-0.15, -0.1) is 11.3 Å². The molecule has 0 fully saturated rings. The summed E-state index contributed by atoms with van der Waals surface area (Å²) in [5.74, 6) is 0. The maximum absolute atomic E-state index is 11.7. The molecule has 0 spiro atoms. The van der Waals surface area contributed by atoms with Crippen LogP contribution < -0.4 is 10.6 Å². The summed E-state index contributed by atoms with van der Waals surface area (Å²) in [6.07, 6.45) is -0.423. The topological polar surface area (TPSA) is 66.5 Å². The van der Waals surface area contributed by atoms with Gasteiger partial charge in [0, 0.05) is 18.8 Å². The molecule has 2 aromatic rings. The maximum Gasteiger partial charge on any atom is 0.408 e. The number of ether oxygens (including phenoxy) is 1. The Kier molecular flexibility index (Phi) is 6.01. The summed E-state index contributed by atoms with van der Waals surface area (Å²) in [6.45, 7) is 7.77. The van der Waals surface area contributed by atoms with Gasteiger partial charge in [-0.1, -0.05) is 0 Å². The van der Waals surface area contributed by atoms with Crippen molar-refractivity contribution in [3.63, 3.8) is 0 Å². The van der Waals surface area contributed by atoms with Crippen molar-refractivity contribution in [3.05, 3.63) is 23.2 Å². The zero-order valence-electron chi connectivity index (χ0n) is 15.0. The molecule has 0 aliphatic carbocycles. The molecule has 7 heteroatoms. The molecule has 0 aliphatic rings. The smallest absolute Gasteiger partial charge is 0.408 e. The largest absolute Gasteiger partial charge is 0.444 e. The number of hydrogen-bond donors (Lipinski definition) is 2. The molecular weight excluding hydrogens is 324 g/mol. The number of alkyl carbamates (subject to hydrolysis) is 1. The summed E-state index contributed by atoms with van der Waals surface area (Å²) >= 11 is 1.58. The summed E-state index contributed by atoms with van der Waals surface area (Å²) in [7, 11) is 4.11. The van der Waals surface area contributed by atoms with Crippen LogP contribution in [-0.2, 0) is 11.3 Å². The fourth-order valence-corrected chi connectivity index (χ4v) is 2.99. The zero-order chi connectivity index (χ0) is 17.7. The quantitative estimate of drug-likeness (QED) is 0.837. The minimum atomic E-state index is -0.495. The van der Waals surface area contributed by atoms with E-state index in [0.717, 1.165) is 34.0 Å². The van der Waals surface area contributed by atoms with Crippen molar-refractivity contribution in [1.29, 1.82) is 0 Å². The van der Waals surface area contributed by atoms with Gasteiger partial charge in [0.25, 0.3) is 0 Å². The van der Waals surface area contributed by atoms with Crippen molar-refractivity contribution in [2.45, 2.75) is 32.9 Å². The van der Waals surface area contributed by atoms with Gasteiger partial charge < -0.3 is 20.3 Å². The Bertz CT molecular complexity index is 691. The predicted octanol–water partition coefficient (Wildman–Crippen LogP) is 3.29. The summed E-state index contributed by atoms with van der Waals surface area (Å²) in [6, 6.07) is 6.13. The molecule has 2 N–H and O–H groups in total. The molecule has 2 rings (SSSR count). The third-order valence-electron chi connectivity index (χ3n) is 3.10. The molecule has 0 radical (unpaired) electrons. The number of anilines is 1. The number of aromatic nitrogens is 1. The number of rotatable bonds is 6. The second-order valence-corrected chi connectivity index (χ2v) is 7.99. The van der Waals surface area contributed by atoms with Crippen LogP contribution in [0.4, 0.5) is 10.5 Å². The molecular formula is C17H26N4O2S. The first-order valence-corrected chi connectivity index (χ1v) is 8.79. The molecule has 1 amide bonds. The van der Waals surface area contributed by atoms with Crippen LogP contribution in [0.1, 0.15) is 25.8 Å². The number of amides is 1. The summed E-state index contributed by atoms with van der Waals surface area (Å²) < 4.78 is 6.33. The summed E-state index contributed by atoms with van der Waals surface area (Å²) in [4.78, 5) is 18.4. The number of carbonyl (C=O) groups excluding carboxylic acids is 1. The molecule has 1 aromatic heterocycles. The molecule has 6 nitrogen and oxygen atoms in total. The predicted molar refractivity (Wildman–Crippen MR) is 99.7 cm³/mol. The lowest BCUT2D eigenvalue weighted by atomic mass is 10.2. The van der Waals surface area contributed by atoms with Crippen LogP contribution in [0.5, 0.6) is 0 Å². The van der Waals surface area contributed by atoms with Crippen molar-refractivity contribution in [3.8, 4) is 0 Å². The first kappa shape index (κ1) is 18.5. The lowest BCUT2D eigenvalue weighted by Gasteiger charge is -2.19. The van der Waals surface area contributed by atoms with Crippen LogP contribution in [-0.4, -0.2) is 48.8 Å². The van der Waals surface area contributed by atoms with E-state index in [1.54, 1.807) is 11.3 Å². The van der Waals surface area contributed by atoms with E-state index < -0.39 is 11.7 Å². The number of fused-ring (bicyclic) bond motifs is 1. The van der Waals surface area contributed by atoms with Gasteiger partial charge in [-0.05, 0) is 53.1 Å². The molecule has 132 valence electrons. The Labute approximate surface area is 147 Å². The number of thiazole rings is 1. The minimum Gasteiger partial charge on any atom is -0.444 e. The monoisotopic (exact) mass is 350 g/mol. The van der Waals surface area contributed by atoms with Crippen LogP contribution in [0.3, 0.4) is 0 Å². The van der Waals surface area contributed by atoms with Gasteiger partial charge in [-0.3, -0.25) is 0 Å². The molecule has 0 unspecified atom stereocenters. The normalized spacial score (nSPS) is 11.8. The van der Waals surface area contributed by atoms with Gasteiger partial charge in [-0.25, -0.2) is 9.78 Å². The molecule has 1 aromatic carbocycles. The van der Waals surface area contributed by atoms with Crippen molar-refractivity contribution in [2.24, 2.45) is 0 Å². The molecule has 0 atom stereocenters. The van der Waals surface area contributed by atoms with Crippen molar-refractivity contribution < 1.29 is 9.53 Å². The van der Waals surface area contributed by atoms with Gasteiger partial charge in [0.15, 0.2) is 0 Å². The maximum atomic E-state index is 11.7. The summed E-state index contributed by atoms with van der Waals surface area (Å²) in [5.41, 5.74) is 1.53. The molecule has 0 aliphatic heterocycles. The van der Waals surface area contributed by atoms with Gasteiger partial charge in [-0.2, -0.15) is 0 Å². The highest BCUT2D eigenvalue weighted by atomic mass is 32.1. The van der Waals surface area contributed by atoms with Crippen LogP contribution >= 0.6 is 11.3 Å². The third kappa shape index (κ3) is 5.98. The van der Waals surface area contributed by atoms with Crippen molar-refractivity contribution in [1.82, 2.24) is 15.2 Å². The van der Waals surface area contributed by atoms with E-state index in [4.69, 9.17) is 4.74 Å². The zero-order valence-corrected chi connectivity index (χ0v) is 15.8. The lowest BCUT2D eigenvalue weighted by molar-refractivity contribution is 0.0523. The van der Waals surface area contributed by atoms with Gasteiger partial charge >= 0.3 is 6.09 Å². The Balaban J connectivity index is 1.94. The van der Waals surface area contributed by atoms with Crippen molar-refractivity contribution in [2.75, 3.05) is 32.5 Å². The first-order valence-electron chi connectivity index (χ1n) is 7.98. The molecule has 0 saturated carbocycles. The van der Waals surface area contributed by atoms with Gasteiger partial charge in [0.05, 0.1) is 16.8 Å². The second-order valence-electron chi connectivity index (χ2n) is 6.88. The highest BCUT2D eigenvalue weighted by molar-refractivity contribution is 7.18. The number of nitrogens with one attached hydrogen (secondary N) is 2. The number of nitrogens with zero attached hydrogens (tertiary/aromatic N) is 2. The lowest BCUT2D eigenvalue weighted by Crippen LogP contribution is -2.32. The number of benzene rings is 1. The average molecular weight is 350 g/mol. The van der Waals surface area contributed by atoms with E-state index in [9.17, 15) is 4.79 Å². The van der Waals surface area contributed by atoms with E-state index >= 15 is 0 Å². The van der Waals surface area contributed by atoms with Crippen LogP contribution in [0.25, 0.3) is 10.2 Å². The van der Waals surface area contributed by atoms with E-state index in [1.807, 2.05) is 32.9 Å². The van der Waals surface area contributed by atoms with Crippen molar-refractivity contribution >= 4 is 33.3 Å². The minimum absolute atomic E-state index is 0.373. The standard InChI is InChI=1S/C17H26N4O2S/c1-17(2,3)23-16(22)19-11-15-20-13-7-6-12(10-14(13)24-15)18-8-9-21(4)5/h6-7,10,18H,8-9,11H2,1-5H3,(H,19,22). The molecule has 24 heavy (non-hydrogen) atoms. The van der Waals surface area contributed by atoms with Gasteiger partial charge in [0.1, 0.15) is 10.6 Å². The highest BCUT2D eigenvalue weighted by Gasteiger charge is 2.16. The first-order chi connectivity index (χ1) is 11.2. The SMILES string of the molecule is CN(C)CCNc1ccc2nc(CNC(=O)OC(C)(C)C)sc2c1. The second kappa shape index (κ2) is 7.81. The van der Waals surface area contributed by atoms with Crippen LogP contribution in [0.15, 0.2) is 18.2 Å². The van der Waals surface area contributed by atoms with Gasteiger partial charge in [0.2, 0.25) is 0 Å². The number of likely N-dealkylation sites (N-methyl/N-ethyl adjacent to an activating group) is 1. The third-order valence-corrected chi connectivity index (χ3v) is 4.12. The van der Waals surface area contributed by atoms with E-state index in [-0.39, 0.29) is 0 Å². The Hall–Kier alpha value is -1.86. The average Bonchev–Trinajstić information content (AvgIpc) is 2.85. The molecule has 0 saturated heterocycles. The Morgan fingerprint density at radius 3 is 2.75 bits per heavy atom.